The van der Waals surface area contributed by atoms with Crippen LogP contribution in [0.1, 0.15) is 109 Å². The minimum absolute atomic E-state index is 0.135. The molecule has 1 aliphatic carbocycles. The van der Waals surface area contributed by atoms with Crippen LogP contribution in [-0.4, -0.2) is 11.7 Å². The topological polar surface area (TPSA) is 46.2 Å². The lowest BCUT2D eigenvalue weighted by Crippen LogP contribution is -2.22. The predicted molar refractivity (Wildman–Crippen MR) is 169 cm³/mol. The summed E-state index contributed by atoms with van der Waals surface area (Å²) in [6.45, 7) is 2.83. The quantitative estimate of drug-likeness (QED) is 0.114. The molecule has 0 aromatic heterocycles. The van der Waals surface area contributed by atoms with Crippen molar-refractivity contribution in [1.29, 1.82) is 0 Å². The van der Waals surface area contributed by atoms with Gasteiger partial charge in [-0.3, -0.25) is 9.59 Å². The number of rotatable bonds is 16. The SMILES string of the molecule is CCCCCCCC[C@H]1CCC(=O)[C@@H]1CCCCCCC(=O)NCc1ccc2ccc3cccc4ccc1c2c34. The smallest absolute Gasteiger partial charge is 0.220 e. The third-order valence-electron chi connectivity index (χ3n) is 9.44. The summed E-state index contributed by atoms with van der Waals surface area (Å²) in [4.78, 5) is 25.1. The summed E-state index contributed by atoms with van der Waals surface area (Å²) in [5, 5.41) is 10.8. The van der Waals surface area contributed by atoms with Gasteiger partial charge in [0.05, 0.1) is 0 Å². The maximum Gasteiger partial charge on any atom is 0.220 e. The van der Waals surface area contributed by atoms with Crippen LogP contribution in [0.25, 0.3) is 32.3 Å². The lowest BCUT2D eigenvalue weighted by atomic mass is 9.86. The standard InChI is InChI=1S/C37H47NO2/c1-2-3-4-5-6-9-13-27-23-25-34(39)32(27)16-10-7-8-11-17-35(40)38-26-31-21-20-30-19-18-28-14-12-15-29-22-24-33(31)37(30)36(28)29/h12,14-15,18-22,24,27,32H,2-11,13,16-17,23,25-26H2,1H3,(H,38,40)/t27-,32+/m0/s1. The van der Waals surface area contributed by atoms with Crippen molar-refractivity contribution >= 4 is 44.0 Å². The Labute approximate surface area is 240 Å². The van der Waals surface area contributed by atoms with Gasteiger partial charge >= 0.3 is 0 Å². The van der Waals surface area contributed by atoms with E-state index in [-0.39, 0.29) is 5.91 Å². The van der Waals surface area contributed by atoms with Crippen LogP contribution >= 0.6 is 0 Å². The Balaban J connectivity index is 1.02. The molecule has 0 bridgehead atoms. The molecule has 5 rings (SSSR count). The monoisotopic (exact) mass is 537 g/mol. The van der Waals surface area contributed by atoms with E-state index in [1.807, 2.05) is 0 Å². The number of ketones is 1. The van der Waals surface area contributed by atoms with Crippen molar-refractivity contribution in [3.8, 4) is 0 Å². The number of amides is 1. The lowest BCUT2D eigenvalue weighted by molar-refractivity contribution is -0.122. The maximum absolute atomic E-state index is 12.6. The molecule has 0 aliphatic heterocycles. The van der Waals surface area contributed by atoms with Gasteiger partial charge in [-0.1, -0.05) is 119 Å². The summed E-state index contributed by atoms with van der Waals surface area (Å²) in [6.07, 6.45) is 17.0. The van der Waals surface area contributed by atoms with Gasteiger partial charge in [-0.2, -0.15) is 0 Å². The zero-order valence-electron chi connectivity index (χ0n) is 24.5. The molecule has 1 N–H and O–H groups in total. The van der Waals surface area contributed by atoms with Gasteiger partial charge in [-0.05, 0) is 69.5 Å². The first-order valence-electron chi connectivity index (χ1n) is 16.1. The highest BCUT2D eigenvalue weighted by Gasteiger charge is 2.33. The first kappa shape index (κ1) is 28.6. The summed E-state index contributed by atoms with van der Waals surface area (Å²) in [6, 6.07) is 19.6. The van der Waals surface area contributed by atoms with Crippen molar-refractivity contribution in [1.82, 2.24) is 5.32 Å². The molecule has 1 saturated carbocycles. The molecule has 3 heteroatoms. The fourth-order valence-electron chi connectivity index (χ4n) is 7.14. The molecule has 0 radical (unpaired) electrons. The Hall–Kier alpha value is -2.94. The maximum atomic E-state index is 12.6. The number of unbranched alkanes of at least 4 members (excludes halogenated alkanes) is 8. The highest BCUT2D eigenvalue weighted by molar-refractivity contribution is 6.23. The zero-order chi connectivity index (χ0) is 27.7. The van der Waals surface area contributed by atoms with Crippen LogP contribution in [0.5, 0.6) is 0 Å². The molecule has 0 heterocycles. The molecule has 0 unspecified atom stereocenters. The van der Waals surface area contributed by atoms with Crippen LogP contribution in [0.15, 0.2) is 54.6 Å². The summed E-state index contributed by atoms with van der Waals surface area (Å²) >= 11 is 0. The minimum atomic E-state index is 0.135. The van der Waals surface area contributed by atoms with Crippen molar-refractivity contribution in [2.24, 2.45) is 11.8 Å². The molecule has 0 spiro atoms. The second kappa shape index (κ2) is 14.1. The van der Waals surface area contributed by atoms with E-state index in [2.05, 4.69) is 66.8 Å². The highest BCUT2D eigenvalue weighted by Crippen LogP contribution is 2.37. The van der Waals surface area contributed by atoms with Crippen molar-refractivity contribution in [2.75, 3.05) is 0 Å². The summed E-state index contributed by atoms with van der Waals surface area (Å²) in [7, 11) is 0. The Morgan fingerprint density at radius 3 is 2.20 bits per heavy atom. The van der Waals surface area contributed by atoms with Crippen molar-refractivity contribution < 1.29 is 9.59 Å². The number of hydrogen-bond donors (Lipinski definition) is 1. The Bertz CT molecular complexity index is 1390. The molecule has 212 valence electrons. The van der Waals surface area contributed by atoms with Gasteiger partial charge in [0.1, 0.15) is 5.78 Å². The fourth-order valence-corrected chi connectivity index (χ4v) is 7.14. The van der Waals surface area contributed by atoms with Crippen molar-refractivity contribution in [3.63, 3.8) is 0 Å². The van der Waals surface area contributed by atoms with Crippen molar-refractivity contribution in [3.05, 3.63) is 60.2 Å². The number of nitrogens with one attached hydrogen (secondary N) is 1. The Kier molecular flexibility index (Phi) is 10.1. The third-order valence-corrected chi connectivity index (χ3v) is 9.44. The van der Waals surface area contributed by atoms with Crippen molar-refractivity contribution in [2.45, 2.75) is 110 Å². The zero-order valence-corrected chi connectivity index (χ0v) is 24.5. The Morgan fingerprint density at radius 2 is 1.40 bits per heavy atom. The average molecular weight is 538 g/mol. The molecule has 1 aliphatic rings. The first-order valence-corrected chi connectivity index (χ1v) is 16.1. The molecule has 4 aromatic rings. The molecular weight excluding hydrogens is 490 g/mol. The summed E-state index contributed by atoms with van der Waals surface area (Å²) < 4.78 is 0. The summed E-state index contributed by atoms with van der Waals surface area (Å²) in [5.41, 5.74) is 1.18. The van der Waals surface area contributed by atoms with Gasteiger partial charge in [0.25, 0.3) is 0 Å². The number of carbonyl (C=O) groups excluding carboxylic acids is 2. The Morgan fingerprint density at radius 1 is 0.750 bits per heavy atom. The fraction of sp³-hybridized carbons (Fsp3) is 0.514. The van der Waals surface area contributed by atoms with Gasteiger partial charge in [0.15, 0.2) is 0 Å². The second-order valence-corrected chi connectivity index (χ2v) is 12.2. The van der Waals surface area contributed by atoms with Gasteiger partial charge in [-0.25, -0.2) is 0 Å². The second-order valence-electron chi connectivity index (χ2n) is 12.2. The van der Waals surface area contributed by atoms with Gasteiger partial charge in [0, 0.05) is 25.3 Å². The molecule has 1 fully saturated rings. The van der Waals surface area contributed by atoms with E-state index in [4.69, 9.17) is 0 Å². The van der Waals surface area contributed by atoms with Gasteiger partial charge in [0.2, 0.25) is 5.91 Å². The van der Waals surface area contributed by atoms with E-state index in [1.54, 1.807) is 0 Å². The number of benzene rings is 4. The largest absolute Gasteiger partial charge is 0.352 e. The van der Waals surface area contributed by atoms with E-state index in [0.717, 1.165) is 44.9 Å². The number of Topliss-reactive ketones (excluding diaryl/α,β-unsaturated/α-hetero) is 1. The van der Waals surface area contributed by atoms with Crippen LogP contribution in [0, 0.1) is 11.8 Å². The minimum Gasteiger partial charge on any atom is -0.352 e. The van der Waals surface area contributed by atoms with Gasteiger partial charge < -0.3 is 5.32 Å². The van der Waals surface area contributed by atoms with Gasteiger partial charge in [-0.15, -0.1) is 0 Å². The molecule has 3 nitrogen and oxygen atoms in total. The molecule has 40 heavy (non-hydrogen) atoms. The van der Waals surface area contributed by atoms with Crippen LogP contribution in [0.3, 0.4) is 0 Å². The summed E-state index contributed by atoms with van der Waals surface area (Å²) in [5.74, 6) is 1.59. The number of hydrogen-bond acceptors (Lipinski definition) is 2. The van der Waals surface area contributed by atoms with E-state index in [9.17, 15) is 9.59 Å². The van der Waals surface area contributed by atoms with Crippen LogP contribution in [0.4, 0.5) is 0 Å². The molecular formula is C37H47NO2. The van der Waals surface area contributed by atoms with E-state index < -0.39 is 0 Å². The number of carbonyl (C=O) groups is 2. The highest BCUT2D eigenvalue weighted by atomic mass is 16.1. The van der Waals surface area contributed by atoms with E-state index in [0.29, 0.717) is 30.6 Å². The molecule has 4 aromatic carbocycles. The molecule has 1 amide bonds. The average Bonchev–Trinajstić information content (AvgIpc) is 3.33. The van der Waals surface area contributed by atoms with Crippen LogP contribution < -0.4 is 5.32 Å². The lowest BCUT2D eigenvalue weighted by Gasteiger charge is -2.18. The van der Waals surface area contributed by atoms with E-state index in [1.165, 1.54) is 82.8 Å². The van der Waals surface area contributed by atoms with Crippen LogP contribution in [0.2, 0.25) is 0 Å². The first-order chi connectivity index (χ1) is 19.7. The predicted octanol–water partition coefficient (Wildman–Crippen LogP) is 9.89. The normalized spacial score (nSPS) is 17.5. The third kappa shape index (κ3) is 6.85. The van der Waals surface area contributed by atoms with Crippen LogP contribution in [-0.2, 0) is 16.1 Å². The molecule has 0 saturated heterocycles. The molecule has 2 atom stereocenters. The van der Waals surface area contributed by atoms with E-state index >= 15 is 0 Å².